The van der Waals surface area contributed by atoms with Crippen LogP contribution in [0, 0.1) is 0 Å². The molecule has 2 heterocycles. The van der Waals surface area contributed by atoms with Crippen LogP contribution in [0.1, 0.15) is 41.5 Å². The lowest BCUT2D eigenvalue weighted by atomic mass is 9.78. The first kappa shape index (κ1) is 15.3. The summed E-state index contributed by atoms with van der Waals surface area (Å²) in [5.74, 6) is 1.06. The molecule has 2 rings (SSSR count). The SMILES string of the molecule is CCN(c1ccccn1)C(C)B1OC(C)(C)C(C)(C)O1. The highest BCUT2D eigenvalue weighted by atomic mass is 16.7. The van der Waals surface area contributed by atoms with E-state index in [1.807, 2.05) is 24.4 Å². The van der Waals surface area contributed by atoms with E-state index in [9.17, 15) is 0 Å². The molecule has 0 spiro atoms. The Labute approximate surface area is 122 Å². The topological polar surface area (TPSA) is 34.6 Å². The van der Waals surface area contributed by atoms with Gasteiger partial charge in [0.2, 0.25) is 0 Å². The van der Waals surface area contributed by atoms with Gasteiger partial charge in [0.1, 0.15) is 5.82 Å². The highest BCUT2D eigenvalue weighted by molar-refractivity contribution is 6.48. The van der Waals surface area contributed by atoms with Gasteiger partial charge >= 0.3 is 7.12 Å². The fraction of sp³-hybridized carbons (Fsp3) is 0.667. The van der Waals surface area contributed by atoms with E-state index in [1.165, 1.54) is 0 Å². The van der Waals surface area contributed by atoms with Gasteiger partial charge in [0.15, 0.2) is 0 Å². The number of nitrogens with zero attached hydrogens (tertiary/aromatic N) is 2. The molecule has 1 aromatic rings. The molecule has 5 heteroatoms. The van der Waals surface area contributed by atoms with Crippen LogP contribution >= 0.6 is 0 Å². The van der Waals surface area contributed by atoms with E-state index >= 15 is 0 Å². The Morgan fingerprint density at radius 3 is 2.25 bits per heavy atom. The molecule has 1 fully saturated rings. The first-order valence-corrected chi connectivity index (χ1v) is 7.32. The molecule has 1 atom stereocenters. The van der Waals surface area contributed by atoms with Crippen LogP contribution in [0.4, 0.5) is 5.82 Å². The highest BCUT2D eigenvalue weighted by Gasteiger charge is 2.53. The number of aromatic nitrogens is 1. The van der Waals surface area contributed by atoms with Crippen molar-refractivity contribution in [3.63, 3.8) is 0 Å². The first-order chi connectivity index (χ1) is 9.28. The van der Waals surface area contributed by atoms with Crippen molar-refractivity contribution in [2.45, 2.75) is 58.7 Å². The van der Waals surface area contributed by atoms with Crippen LogP contribution in [-0.4, -0.2) is 35.8 Å². The molecular weight excluding hydrogens is 251 g/mol. The molecular formula is C15H25BN2O2. The highest BCUT2D eigenvalue weighted by Crippen LogP contribution is 2.38. The molecule has 1 unspecified atom stereocenters. The number of rotatable bonds is 4. The number of hydrogen-bond acceptors (Lipinski definition) is 4. The van der Waals surface area contributed by atoms with E-state index in [1.54, 1.807) is 0 Å². The quantitative estimate of drug-likeness (QED) is 0.792. The van der Waals surface area contributed by atoms with E-state index < -0.39 is 0 Å². The first-order valence-electron chi connectivity index (χ1n) is 7.32. The second-order valence-electron chi connectivity index (χ2n) is 6.34. The van der Waals surface area contributed by atoms with Gasteiger partial charge in [-0.1, -0.05) is 6.07 Å². The second-order valence-corrected chi connectivity index (χ2v) is 6.34. The predicted octanol–water partition coefficient (Wildman–Crippen LogP) is 2.93. The van der Waals surface area contributed by atoms with Crippen molar-refractivity contribution in [1.82, 2.24) is 4.98 Å². The third-order valence-electron chi connectivity index (χ3n) is 4.44. The van der Waals surface area contributed by atoms with Gasteiger partial charge in [0.25, 0.3) is 0 Å². The molecule has 0 bridgehead atoms. The van der Waals surface area contributed by atoms with Gasteiger partial charge in [-0.15, -0.1) is 0 Å². The molecule has 0 aliphatic carbocycles. The Hall–Kier alpha value is -1.07. The van der Waals surface area contributed by atoms with Crippen molar-refractivity contribution in [3.05, 3.63) is 24.4 Å². The fourth-order valence-electron chi connectivity index (χ4n) is 2.41. The van der Waals surface area contributed by atoms with Crippen LogP contribution in [0.2, 0.25) is 0 Å². The monoisotopic (exact) mass is 276 g/mol. The normalized spacial score (nSPS) is 21.8. The van der Waals surface area contributed by atoms with Gasteiger partial charge in [-0.3, -0.25) is 0 Å². The lowest BCUT2D eigenvalue weighted by Gasteiger charge is -2.32. The maximum atomic E-state index is 6.14. The molecule has 0 N–H and O–H groups in total. The molecule has 1 saturated heterocycles. The molecule has 0 saturated carbocycles. The minimum Gasteiger partial charge on any atom is -0.402 e. The van der Waals surface area contributed by atoms with Crippen molar-refractivity contribution in [2.24, 2.45) is 0 Å². The number of anilines is 1. The van der Waals surface area contributed by atoms with Crippen LogP contribution in [0.15, 0.2) is 24.4 Å². The average Bonchev–Trinajstić information content (AvgIpc) is 2.60. The molecule has 1 aliphatic rings. The van der Waals surface area contributed by atoms with Crippen LogP contribution in [0.5, 0.6) is 0 Å². The van der Waals surface area contributed by atoms with Crippen LogP contribution in [0.3, 0.4) is 0 Å². The van der Waals surface area contributed by atoms with E-state index in [0.717, 1.165) is 12.4 Å². The zero-order valence-electron chi connectivity index (χ0n) is 13.4. The fourth-order valence-corrected chi connectivity index (χ4v) is 2.41. The maximum absolute atomic E-state index is 6.14. The average molecular weight is 276 g/mol. The predicted molar refractivity (Wildman–Crippen MR) is 82.8 cm³/mol. The summed E-state index contributed by atoms with van der Waals surface area (Å²) in [5.41, 5.74) is -0.592. The smallest absolute Gasteiger partial charge is 0.402 e. The third-order valence-corrected chi connectivity index (χ3v) is 4.44. The summed E-state index contributed by atoms with van der Waals surface area (Å²) in [6, 6.07) is 5.95. The van der Waals surface area contributed by atoms with E-state index in [0.29, 0.717) is 0 Å². The summed E-state index contributed by atoms with van der Waals surface area (Å²) in [5, 5.41) is 0. The van der Waals surface area contributed by atoms with E-state index in [-0.39, 0.29) is 24.3 Å². The van der Waals surface area contributed by atoms with Crippen molar-refractivity contribution in [2.75, 3.05) is 11.4 Å². The summed E-state index contributed by atoms with van der Waals surface area (Å²) in [6.45, 7) is 13.4. The van der Waals surface area contributed by atoms with Gasteiger partial charge < -0.3 is 14.2 Å². The van der Waals surface area contributed by atoms with Gasteiger partial charge in [0.05, 0.1) is 17.1 Å². The van der Waals surface area contributed by atoms with Crippen LogP contribution < -0.4 is 4.90 Å². The molecule has 0 amide bonds. The molecule has 1 aliphatic heterocycles. The van der Waals surface area contributed by atoms with Crippen molar-refractivity contribution >= 4 is 12.9 Å². The standard InChI is InChI=1S/C15H25BN2O2/c1-7-18(13-10-8-9-11-17-13)12(2)16-19-14(3,4)15(5,6)20-16/h8-12H,7H2,1-6H3. The van der Waals surface area contributed by atoms with Crippen LogP contribution in [0.25, 0.3) is 0 Å². The Kier molecular flexibility index (Phi) is 4.12. The summed E-state index contributed by atoms with van der Waals surface area (Å²) in [7, 11) is -0.248. The van der Waals surface area contributed by atoms with Crippen molar-refractivity contribution in [3.8, 4) is 0 Å². The molecule has 4 nitrogen and oxygen atoms in total. The van der Waals surface area contributed by atoms with Gasteiger partial charge in [0, 0.05) is 12.7 Å². The minimum atomic E-state index is -0.296. The van der Waals surface area contributed by atoms with Crippen molar-refractivity contribution in [1.29, 1.82) is 0 Å². The zero-order valence-corrected chi connectivity index (χ0v) is 13.4. The zero-order chi connectivity index (χ0) is 15.0. The molecule has 0 aromatic carbocycles. The number of pyridine rings is 1. The Balaban J connectivity index is 2.17. The molecule has 110 valence electrons. The van der Waals surface area contributed by atoms with E-state index in [2.05, 4.69) is 51.4 Å². The molecule has 1 aromatic heterocycles. The van der Waals surface area contributed by atoms with Gasteiger partial charge in [-0.05, 0) is 53.7 Å². The molecule has 20 heavy (non-hydrogen) atoms. The summed E-state index contributed by atoms with van der Waals surface area (Å²) >= 11 is 0. The van der Waals surface area contributed by atoms with Crippen molar-refractivity contribution < 1.29 is 9.31 Å². The van der Waals surface area contributed by atoms with E-state index in [4.69, 9.17) is 9.31 Å². The third kappa shape index (κ3) is 2.70. The Morgan fingerprint density at radius 2 is 1.80 bits per heavy atom. The summed E-state index contributed by atoms with van der Waals surface area (Å²) < 4.78 is 12.3. The second kappa shape index (κ2) is 5.37. The number of hydrogen-bond donors (Lipinski definition) is 0. The Bertz CT molecular complexity index is 434. The summed E-state index contributed by atoms with van der Waals surface area (Å²) in [6.07, 6.45) is 1.81. The Morgan fingerprint density at radius 1 is 1.20 bits per heavy atom. The lowest BCUT2D eigenvalue weighted by Crippen LogP contribution is -2.46. The van der Waals surface area contributed by atoms with Gasteiger partial charge in [-0.25, -0.2) is 4.98 Å². The minimum absolute atomic E-state index is 0.107. The van der Waals surface area contributed by atoms with Crippen LogP contribution in [-0.2, 0) is 9.31 Å². The largest absolute Gasteiger partial charge is 0.481 e. The summed E-state index contributed by atoms with van der Waals surface area (Å²) in [4.78, 5) is 6.64. The lowest BCUT2D eigenvalue weighted by molar-refractivity contribution is 0.00578. The van der Waals surface area contributed by atoms with Gasteiger partial charge in [-0.2, -0.15) is 0 Å². The molecule has 0 radical (unpaired) electrons. The maximum Gasteiger partial charge on any atom is 0.481 e.